The third-order valence-corrected chi connectivity index (χ3v) is 3.19. The fraction of sp³-hybridized carbons (Fsp3) is 0.909. The molecule has 15 heavy (non-hydrogen) atoms. The van der Waals surface area contributed by atoms with Crippen molar-refractivity contribution in [2.45, 2.75) is 39.2 Å². The second-order valence-electron chi connectivity index (χ2n) is 4.53. The van der Waals surface area contributed by atoms with Crippen LogP contribution in [0.15, 0.2) is 4.99 Å². The minimum absolute atomic E-state index is 0.286. The maximum absolute atomic E-state index is 10.2. The maximum Gasteiger partial charge on any atom is 0.191 e. The maximum atomic E-state index is 10.2. The molecule has 0 aromatic heterocycles. The highest BCUT2D eigenvalue weighted by Crippen LogP contribution is 2.18. The van der Waals surface area contributed by atoms with E-state index in [1.807, 2.05) is 6.92 Å². The van der Waals surface area contributed by atoms with Crippen molar-refractivity contribution in [1.29, 1.82) is 0 Å². The predicted molar refractivity (Wildman–Crippen MR) is 63.0 cm³/mol. The fourth-order valence-corrected chi connectivity index (χ4v) is 1.53. The quantitative estimate of drug-likeness (QED) is 0.645. The molecule has 88 valence electrons. The fourth-order valence-electron chi connectivity index (χ4n) is 1.53. The molecule has 0 amide bonds. The predicted octanol–water partition coefficient (Wildman–Crippen LogP) is 0.722. The van der Waals surface area contributed by atoms with Gasteiger partial charge in [-0.3, -0.25) is 4.99 Å². The molecular formula is C11H23N3O. The molecule has 0 saturated carbocycles. The zero-order valence-corrected chi connectivity index (χ0v) is 10.0. The van der Waals surface area contributed by atoms with Gasteiger partial charge in [-0.15, -0.1) is 0 Å². The van der Waals surface area contributed by atoms with Crippen molar-refractivity contribution in [3.63, 3.8) is 0 Å². The first-order valence-corrected chi connectivity index (χ1v) is 5.81. The SMILES string of the molecule is CCC(C)C(C)(O)CNC1=NCCCN1. The molecule has 4 heteroatoms. The van der Waals surface area contributed by atoms with Gasteiger partial charge >= 0.3 is 0 Å². The Morgan fingerprint density at radius 3 is 2.93 bits per heavy atom. The first-order valence-electron chi connectivity index (χ1n) is 5.81. The summed E-state index contributed by atoms with van der Waals surface area (Å²) in [7, 11) is 0. The Bertz CT molecular complexity index is 226. The summed E-state index contributed by atoms with van der Waals surface area (Å²) >= 11 is 0. The van der Waals surface area contributed by atoms with E-state index >= 15 is 0 Å². The van der Waals surface area contributed by atoms with Crippen LogP contribution in [0, 0.1) is 5.92 Å². The molecular weight excluding hydrogens is 190 g/mol. The van der Waals surface area contributed by atoms with Gasteiger partial charge in [0, 0.05) is 19.6 Å². The highest BCUT2D eigenvalue weighted by Gasteiger charge is 2.27. The summed E-state index contributed by atoms with van der Waals surface area (Å²) < 4.78 is 0. The lowest BCUT2D eigenvalue weighted by Crippen LogP contribution is -2.49. The third kappa shape index (κ3) is 3.70. The molecule has 0 aliphatic carbocycles. The minimum Gasteiger partial charge on any atom is -0.388 e. The smallest absolute Gasteiger partial charge is 0.191 e. The molecule has 0 spiro atoms. The molecule has 0 radical (unpaired) electrons. The minimum atomic E-state index is -0.670. The van der Waals surface area contributed by atoms with Gasteiger partial charge in [0.1, 0.15) is 0 Å². The number of hydrogen-bond donors (Lipinski definition) is 3. The molecule has 1 aliphatic heterocycles. The number of aliphatic imine (C=N–C) groups is 1. The van der Waals surface area contributed by atoms with Gasteiger partial charge in [0.2, 0.25) is 0 Å². The molecule has 1 heterocycles. The van der Waals surface area contributed by atoms with E-state index < -0.39 is 5.60 Å². The van der Waals surface area contributed by atoms with Crippen molar-refractivity contribution < 1.29 is 5.11 Å². The van der Waals surface area contributed by atoms with E-state index in [4.69, 9.17) is 0 Å². The van der Waals surface area contributed by atoms with Crippen LogP contribution in [-0.2, 0) is 0 Å². The molecule has 2 unspecified atom stereocenters. The average molecular weight is 213 g/mol. The summed E-state index contributed by atoms with van der Waals surface area (Å²) in [6.07, 6.45) is 2.07. The lowest BCUT2D eigenvalue weighted by molar-refractivity contribution is 0.00929. The largest absolute Gasteiger partial charge is 0.388 e. The molecule has 2 atom stereocenters. The van der Waals surface area contributed by atoms with Crippen molar-refractivity contribution in [3.8, 4) is 0 Å². The Morgan fingerprint density at radius 1 is 1.67 bits per heavy atom. The summed E-state index contributed by atoms with van der Waals surface area (Å²) in [5.41, 5.74) is -0.670. The number of rotatable bonds is 4. The molecule has 0 fully saturated rings. The molecule has 0 bridgehead atoms. The van der Waals surface area contributed by atoms with Gasteiger partial charge in [0.25, 0.3) is 0 Å². The van der Waals surface area contributed by atoms with Crippen LogP contribution in [0.25, 0.3) is 0 Å². The Kier molecular flexibility index (Phi) is 4.39. The van der Waals surface area contributed by atoms with Crippen molar-refractivity contribution in [3.05, 3.63) is 0 Å². The van der Waals surface area contributed by atoms with E-state index in [-0.39, 0.29) is 5.92 Å². The van der Waals surface area contributed by atoms with E-state index in [1.54, 1.807) is 0 Å². The van der Waals surface area contributed by atoms with Gasteiger partial charge in [-0.2, -0.15) is 0 Å². The summed E-state index contributed by atoms with van der Waals surface area (Å²) in [6, 6.07) is 0. The highest BCUT2D eigenvalue weighted by atomic mass is 16.3. The normalized spacial score (nSPS) is 22.3. The third-order valence-electron chi connectivity index (χ3n) is 3.19. The Labute approximate surface area is 92.2 Å². The van der Waals surface area contributed by atoms with Crippen LogP contribution in [0.4, 0.5) is 0 Å². The summed E-state index contributed by atoms with van der Waals surface area (Å²) in [5.74, 6) is 1.11. The van der Waals surface area contributed by atoms with Gasteiger partial charge in [-0.1, -0.05) is 20.3 Å². The second-order valence-corrected chi connectivity index (χ2v) is 4.53. The lowest BCUT2D eigenvalue weighted by Gasteiger charge is -2.31. The number of aliphatic hydroxyl groups is 1. The molecule has 3 N–H and O–H groups in total. The van der Waals surface area contributed by atoms with Crippen LogP contribution in [-0.4, -0.2) is 36.3 Å². The van der Waals surface area contributed by atoms with Crippen LogP contribution in [0.1, 0.15) is 33.6 Å². The first kappa shape index (κ1) is 12.3. The molecule has 0 aromatic rings. The van der Waals surface area contributed by atoms with Gasteiger partial charge in [-0.05, 0) is 19.3 Å². The zero-order valence-electron chi connectivity index (χ0n) is 10.0. The summed E-state index contributed by atoms with van der Waals surface area (Å²) in [6.45, 7) is 8.43. The summed E-state index contributed by atoms with van der Waals surface area (Å²) in [4.78, 5) is 4.30. The molecule has 1 rings (SSSR count). The van der Waals surface area contributed by atoms with E-state index in [9.17, 15) is 5.11 Å². The van der Waals surface area contributed by atoms with Gasteiger partial charge in [-0.25, -0.2) is 0 Å². The van der Waals surface area contributed by atoms with Gasteiger partial charge in [0.15, 0.2) is 5.96 Å². The van der Waals surface area contributed by atoms with Crippen molar-refractivity contribution in [2.75, 3.05) is 19.6 Å². The second kappa shape index (κ2) is 5.35. The van der Waals surface area contributed by atoms with Crippen LogP contribution >= 0.6 is 0 Å². The van der Waals surface area contributed by atoms with E-state index in [0.29, 0.717) is 6.54 Å². The Morgan fingerprint density at radius 2 is 2.40 bits per heavy atom. The van der Waals surface area contributed by atoms with Crippen molar-refractivity contribution in [2.24, 2.45) is 10.9 Å². The summed E-state index contributed by atoms with van der Waals surface area (Å²) in [5, 5.41) is 16.5. The van der Waals surface area contributed by atoms with Crippen molar-refractivity contribution in [1.82, 2.24) is 10.6 Å². The van der Waals surface area contributed by atoms with Crippen LogP contribution in [0.2, 0.25) is 0 Å². The standard InChI is InChI=1S/C11H23N3O/c1-4-9(2)11(3,15)8-14-10-12-6-5-7-13-10/h9,15H,4-8H2,1-3H3,(H2,12,13,14). The first-order chi connectivity index (χ1) is 7.06. The van der Waals surface area contributed by atoms with E-state index in [2.05, 4.69) is 29.5 Å². The Hall–Kier alpha value is -0.770. The van der Waals surface area contributed by atoms with Gasteiger partial charge < -0.3 is 15.7 Å². The average Bonchev–Trinajstić information content (AvgIpc) is 2.27. The van der Waals surface area contributed by atoms with Crippen LogP contribution in [0.3, 0.4) is 0 Å². The van der Waals surface area contributed by atoms with Gasteiger partial charge in [0.05, 0.1) is 5.60 Å². The lowest BCUT2D eigenvalue weighted by atomic mass is 9.89. The number of nitrogens with one attached hydrogen (secondary N) is 2. The monoisotopic (exact) mass is 213 g/mol. The molecule has 4 nitrogen and oxygen atoms in total. The number of hydrogen-bond acceptors (Lipinski definition) is 4. The van der Waals surface area contributed by atoms with E-state index in [0.717, 1.165) is 31.9 Å². The van der Waals surface area contributed by atoms with E-state index in [1.165, 1.54) is 0 Å². The topological polar surface area (TPSA) is 56.6 Å². The number of nitrogens with zero attached hydrogens (tertiary/aromatic N) is 1. The molecule has 0 saturated heterocycles. The molecule has 0 aromatic carbocycles. The molecule has 1 aliphatic rings. The van der Waals surface area contributed by atoms with Crippen molar-refractivity contribution >= 4 is 5.96 Å². The van der Waals surface area contributed by atoms with Crippen LogP contribution in [0.5, 0.6) is 0 Å². The Balaban J connectivity index is 2.37. The highest BCUT2D eigenvalue weighted by molar-refractivity contribution is 5.80. The number of guanidine groups is 1. The zero-order chi connectivity index (χ0) is 11.3. The van der Waals surface area contributed by atoms with Crippen LogP contribution < -0.4 is 10.6 Å².